The Bertz CT molecular complexity index is 881. The summed E-state index contributed by atoms with van der Waals surface area (Å²) in [6.45, 7) is 8.61. The van der Waals surface area contributed by atoms with Crippen molar-refractivity contribution < 1.29 is 4.79 Å². The summed E-state index contributed by atoms with van der Waals surface area (Å²) in [6.07, 6.45) is 0.744. The molecule has 0 fully saturated rings. The van der Waals surface area contributed by atoms with E-state index >= 15 is 0 Å². The van der Waals surface area contributed by atoms with Gasteiger partial charge in [-0.3, -0.25) is 0 Å². The minimum atomic E-state index is -0.210. The molecule has 0 aliphatic carbocycles. The quantitative estimate of drug-likeness (QED) is 0.741. The smallest absolute Gasteiger partial charge is 0.337 e. The number of carbonyl (C=O) groups excluding carboxylic acids is 1. The maximum atomic E-state index is 12.4. The van der Waals surface area contributed by atoms with E-state index in [1.54, 1.807) is 12.1 Å². The number of nitrogens with zero attached hydrogens (tertiary/aromatic N) is 2. The highest BCUT2D eigenvalue weighted by molar-refractivity contribution is 6.30. The minimum Gasteiger partial charge on any atom is -0.340 e. The summed E-state index contributed by atoms with van der Waals surface area (Å²) >= 11 is 6.08. The number of amides is 2. The van der Waals surface area contributed by atoms with Crippen LogP contribution >= 0.6 is 11.6 Å². The predicted molar refractivity (Wildman–Crippen MR) is 112 cm³/mol. The first kappa shape index (κ1) is 19.4. The molecule has 1 atom stereocenters. The number of hydrogen-bond donors (Lipinski definition) is 1. The van der Waals surface area contributed by atoms with Crippen LogP contribution in [0, 0.1) is 0 Å². The molecule has 0 saturated heterocycles. The van der Waals surface area contributed by atoms with Crippen molar-refractivity contribution in [3.8, 4) is 0 Å². The minimum absolute atomic E-state index is 0.0263. The molecule has 0 spiro atoms. The Morgan fingerprint density at radius 3 is 2.44 bits per heavy atom. The fourth-order valence-electron chi connectivity index (χ4n) is 3.29. The van der Waals surface area contributed by atoms with Gasteiger partial charge in [0.2, 0.25) is 0 Å². The van der Waals surface area contributed by atoms with Crippen LogP contribution in [0.4, 0.5) is 4.79 Å². The van der Waals surface area contributed by atoms with Crippen LogP contribution in [0.25, 0.3) is 0 Å². The Morgan fingerprint density at radius 2 is 1.85 bits per heavy atom. The summed E-state index contributed by atoms with van der Waals surface area (Å²) in [6, 6.07) is 13.9. The number of benzene rings is 2. The van der Waals surface area contributed by atoms with Gasteiger partial charge in [-0.15, -0.1) is 0 Å². The van der Waals surface area contributed by atoms with Crippen LogP contribution in [0.3, 0.4) is 0 Å². The summed E-state index contributed by atoms with van der Waals surface area (Å²) < 4.78 is 0. The lowest BCUT2D eigenvalue weighted by Crippen LogP contribution is -2.41. The molecule has 27 heavy (non-hydrogen) atoms. The molecule has 1 heterocycles. The Morgan fingerprint density at radius 1 is 1.19 bits per heavy atom. The Hall–Kier alpha value is -2.33. The molecule has 1 N–H and O–H groups in total. The van der Waals surface area contributed by atoms with Gasteiger partial charge in [0.15, 0.2) is 0 Å². The third-order valence-electron chi connectivity index (χ3n) is 4.91. The largest absolute Gasteiger partial charge is 0.340 e. The molecule has 0 bridgehead atoms. The van der Waals surface area contributed by atoms with Gasteiger partial charge in [0.05, 0.1) is 11.8 Å². The van der Waals surface area contributed by atoms with Crippen molar-refractivity contribution in [2.24, 2.45) is 5.10 Å². The molecule has 1 aliphatic rings. The summed E-state index contributed by atoms with van der Waals surface area (Å²) in [4.78, 5) is 12.4. The lowest BCUT2D eigenvalue weighted by molar-refractivity contribution is 0.184. The van der Waals surface area contributed by atoms with E-state index in [0.717, 1.165) is 23.3 Å². The van der Waals surface area contributed by atoms with Gasteiger partial charge in [-0.25, -0.2) is 9.80 Å². The number of nitrogens with one attached hydrogen (secondary N) is 1. The van der Waals surface area contributed by atoms with Gasteiger partial charge in [-0.1, -0.05) is 56.6 Å². The highest BCUT2D eigenvalue weighted by Crippen LogP contribution is 2.30. The van der Waals surface area contributed by atoms with Crippen LogP contribution in [0.1, 0.15) is 49.9 Å². The number of fused-ring (bicyclic) bond motifs is 1. The second-order valence-electron chi connectivity index (χ2n) is 8.03. The molecule has 0 radical (unpaired) electrons. The van der Waals surface area contributed by atoms with E-state index in [9.17, 15) is 4.79 Å². The fraction of sp³-hybridized carbons (Fsp3) is 0.364. The molecule has 142 valence electrons. The average Bonchev–Trinajstić information content (AvgIpc) is 2.76. The van der Waals surface area contributed by atoms with Gasteiger partial charge >= 0.3 is 6.03 Å². The van der Waals surface area contributed by atoms with Crippen molar-refractivity contribution in [2.45, 2.75) is 45.6 Å². The second kappa shape index (κ2) is 7.35. The van der Waals surface area contributed by atoms with Crippen LogP contribution in [-0.2, 0) is 11.8 Å². The highest BCUT2D eigenvalue weighted by Gasteiger charge is 2.28. The molecule has 2 aromatic carbocycles. The molecular weight excluding hydrogens is 358 g/mol. The lowest BCUT2D eigenvalue weighted by Gasteiger charge is -2.22. The zero-order chi connectivity index (χ0) is 19.8. The van der Waals surface area contributed by atoms with Crippen molar-refractivity contribution >= 4 is 23.3 Å². The fourth-order valence-corrected chi connectivity index (χ4v) is 3.41. The summed E-state index contributed by atoms with van der Waals surface area (Å²) in [5.74, 6) is 0. The molecule has 3 rings (SSSR count). The number of carbonyl (C=O) groups is 1. The van der Waals surface area contributed by atoms with Gasteiger partial charge in [-0.05, 0) is 48.1 Å². The van der Waals surface area contributed by atoms with Crippen molar-refractivity contribution in [1.82, 2.24) is 10.3 Å². The van der Waals surface area contributed by atoms with Crippen LogP contribution in [0.5, 0.6) is 0 Å². The second-order valence-corrected chi connectivity index (χ2v) is 8.47. The Kier molecular flexibility index (Phi) is 5.29. The number of halogens is 1. The maximum absolute atomic E-state index is 12.4. The maximum Gasteiger partial charge on any atom is 0.337 e. The standard InChI is InChI=1S/C22H26ClN3O/c1-14-12-16-6-9-17(22(2,3)4)13-19(16)20(25-26(14)21(27)24-5)15-7-10-18(23)11-8-15/h6-11,13-14H,12H2,1-5H3,(H,24,27)/t14-/m0/s1. The topological polar surface area (TPSA) is 44.7 Å². The number of urea groups is 1. The van der Waals surface area contributed by atoms with Crippen molar-refractivity contribution in [1.29, 1.82) is 0 Å². The number of rotatable bonds is 1. The van der Waals surface area contributed by atoms with Crippen molar-refractivity contribution in [3.05, 3.63) is 69.7 Å². The van der Waals surface area contributed by atoms with Crippen molar-refractivity contribution in [3.63, 3.8) is 0 Å². The van der Waals surface area contributed by atoms with Gasteiger partial charge in [0.25, 0.3) is 0 Å². The summed E-state index contributed by atoms with van der Waals surface area (Å²) in [5, 5.41) is 9.70. The molecule has 2 aromatic rings. The Labute approximate surface area is 166 Å². The number of hydrazone groups is 1. The van der Waals surface area contributed by atoms with Gasteiger partial charge in [0.1, 0.15) is 0 Å². The zero-order valence-electron chi connectivity index (χ0n) is 16.5. The first-order valence-corrected chi connectivity index (χ1v) is 9.58. The van der Waals surface area contributed by atoms with E-state index < -0.39 is 0 Å². The Balaban J connectivity index is 2.23. The molecule has 5 heteroatoms. The van der Waals surface area contributed by atoms with Gasteiger partial charge in [0, 0.05) is 23.2 Å². The first-order chi connectivity index (χ1) is 12.7. The van der Waals surface area contributed by atoms with Crippen molar-refractivity contribution in [2.75, 3.05) is 7.05 Å². The molecule has 2 amide bonds. The average molecular weight is 384 g/mol. The molecule has 0 unspecified atom stereocenters. The van der Waals surface area contributed by atoms with E-state index in [0.29, 0.717) is 5.02 Å². The van der Waals surface area contributed by atoms with Gasteiger partial charge in [-0.2, -0.15) is 5.10 Å². The van der Waals surface area contributed by atoms with E-state index in [1.165, 1.54) is 11.1 Å². The monoisotopic (exact) mass is 383 g/mol. The molecular formula is C22H26ClN3O. The summed E-state index contributed by atoms with van der Waals surface area (Å²) in [7, 11) is 1.63. The predicted octanol–water partition coefficient (Wildman–Crippen LogP) is 4.98. The van der Waals surface area contributed by atoms with Gasteiger partial charge < -0.3 is 5.32 Å². The van der Waals surface area contributed by atoms with Crippen LogP contribution in [0.15, 0.2) is 47.6 Å². The number of hydrogen-bond acceptors (Lipinski definition) is 2. The van der Waals surface area contributed by atoms with E-state index in [1.807, 2.05) is 31.2 Å². The van der Waals surface area contributed by atoms with Crippen LogP contribution < -0.4 is 5.32 Å². The lowest BCUT2D eigenvalue weighted by atomic mass is 9.83. The van der Waals surface area contributed by atoms with Crippen LogP contribution in [-0.4, -0.2) is 29.8 Å². The summed E-state index contributed by atoms with van der Waals surface area (Å²) in [5.41, 5.74) is 5.26. The molecule has 0 aromatic heterocycles. The first-order valence-electron chi connectivity index (χ1n) is 9.20. The normalized spacial score (nSPS) is 17.0. The molecule has 1 aliphatic heterocycles. The zero-order valence-corrected chi connectivity index (χ0v) is 17.3. The van der Waals surface area contributed by atoms with Crippen LogP contribution in [0.2, 0.25) is 5.02 Å². The molecule has 0 saturated carbocycles. The SMILES string of the molecule is CNC(=O)N1N=C(c2ccc(Cl)cc2)c2cc(C(C)(C)C)ccc2C[C@@H]1C. The van der Waals surface area contributed by atoms with E-state index in [-0.39, 0.29) is 17.5 Å². The van der Waals surface area contributed by atoms with E-state index in [4.69, 9.17) is 16.7 Å². The highest BCUT2D eigenvalue weighted by atomic mass is 35.5. The third-order valence-corrected chi connectivity index (χ3v) is 5.16. The van der Waals surface area contributed by atoms with E-state index in [2.05, 4.69) is 44.3 Å². The third kappa shape index (κ3) is 4.01. The molecule has 4 nitrogen and oxygen atoms in total.